The van der Waals surface area contributed by atoms with Crippen LogP contribution in [0.25, 0.3) is 0 Å². The maximum Gasteiger partial charge on any atom is 0.337 e. The number of aryl methyl sites for hydroxylation is 1. The Balaban J connectivity index is 2.28. The van der Waals surface area contributed by atoms with Gasteiger partial charge in [0.2, 0.25) is 5.88 Å². The highest BCUT2D eigenvalue weighted by atomic mass is 35.5. The van der Waals surface area contributed by atoms with Crippen molar-refractivity contribution in [1.29, 1.82) is 0 Å². The third-order valence-corrected chi connectivity index (χ3v) is 2.67. The summed E-state index contributed by atoms with van der Waals surface area (Å²) in [6, 6.07) is 5.35. The van der Waals surface area contributed by atoms with Crippen LogP contribution in [-0.2, 0) is 0 Å². The largest absolute Gasteiger partial charge is 0.478 e. The minimum Gasteiger partial charge on any atom is -0.478 e. The van der Waals surface area contributed by atoms with Crippen LogP contribution in [0.3, 0.4) is 0 Å². The number of carbonyl (C=O) groups is 1. The molecule has 2 rings (SSSR count). The highest BCUT2D eigenvalue weighted by Gasteiger charge is 2.09. The number of carboxylic acids is 1. The number of halogens is 2. The molecule has 0 fully saturated rings. The molecule has 0 saturated carbocycles. The molecule has 98 valence electrons. The lowest BCUT2D eigenvalue weighted by molar-refractivity contribution is 0.0696. The summed E-state index contributed by atoms with van der Waals surface area (Å²) in [5.74, 6) is -1.04. The lowest BCUT2D eigenvalue weighted by Gasteiger charge is -2.08. The second-order valence-corrected chi connectivity index (χ2v) is 4.24. The second-order valence-electron chi connectivity index (χ2n) is 3.83. The topological polar surface area (TPSA) is 59.4 Å². The number of hydrogen-bond acceptors (Lipinski definition) is 3. The fraction of sp³-hybridized carbons (Fsp3) is 0.0769. The smallest absolute Gasteiger partial charge is 0.337 e. The van der Waals surface area contributed by atoms with Gasteiger partial charge in [-0.1, -0.05) is 11.6 Å². The van der Waals surface area contributed by atoms with Crippen molar-refractivity contribution in [3.63, 3.8) is 0 Å². The number of rotatable bonds is 3. The molecule has 4 nitrogen and oxygen atoms in total. The van der Waals surface area contributed by atoms with Crippen molar-refractivity contribution >= 4 is 17.6 Å². The van der Waals surface area contributed by atoms with E-state index in [4.69, 9.17) is 21.4 Å². The molecule has 0 spiro atoms. The monoisotopic (exact) mass is 281 g/mol. The summed E-state index contributed by atoms with van der Waals surface area (Å²) in [7, 11) is 0. The third-order valence-electron chi connectivity index (χ3n) is 2.38. The van der Waals surface area contributed by atoms with E-state index in [1.807, 2.05) is 0 Å². The molecule has 1 heterocycles. The van der Waals surface area contributed by atoms with Gasteiger partial charge in [-0.05, 0) is 25.1 Å². The highest BCUT2D eigenvalue weighted by molar-refractivity contribution is 6.30. The lowest BCUT2D eigenvalue weighted by atomic mass is 10.2. The van der Waals surface area contributed by atoms with Gasteiger partial charge in [0.15, 0.2) is 0 Å². The van der Waals surface area contributed by atoms with Gasteiger partial charge in [-0.15, -0.1) is 0 Å². The molecule has 0 saturated heterocycles. The number of nitrogens with zero attached hydrogens (tertiary/aromatic N) is 1. The van der Waals surface area contributed by atoms with Gasteiger partial charge >= 0.3 is 5.97 Å². The van der Waals surface area contributed by atoms with Gasteiger partial charge in [-0.3, -0.25) is 0 Å². The van der Waals surface area contributed by atoms with E-state index in [9.17, 15) is 9.18 Å². The third kappa shape index (κ3) is 3.00. The van der Waals surface area contributed by atoms with Gasteiger partial charge in [0.05, 0.1) is 10.6 Å². The Morgan fingerprint density at radius 3 is 2.74 bits per heavy atom. The summed E-state index contributed by atoms with van der Waals surface area (Å²) in [5, 5.41) is 8.76. The SMILES string of the molecule is Cc1cc(C(=O)O)cnc1Oc1ccc(F)c(Cl)c1. The molecular weight excluding hydrogens is 273 g/mol. The van der Waals surface area contributed by atoms with Crippen LogP contribution in [0.5, 0.6) is 11.6 Å². The van der Waals surface area contributed by atoms with Crippen LogP contribution in [0.1, 0.15) is 15.9 Å². The summed E-state index contributed by atoms with van der Waals surface area (Å²) in [5.41, 5.74) is 0.627. The fourth-order valence-corrected chi connectivity index (χ4v) is 1.61. The summed E-state index contributed by atoms with van der Waals surface area (Å²) >= 11 is 5.63. The van der Waals surface area contributed by atoms with Gasteiger partial charge in [0, 0.05) is 17.8 Å². The Morgan fingerprint density at radius 2 is 2.16 bits per heavy atom. The van der Waals surface area contributed by atoms with Crippen LogP contribution in [0, 0.1) is 12.7 Å². The Bertz CT molecular complexity index is 646. The Labute approximate surface area is 113 Å². The summed E-state index contributed by atoms with van der Waals surface area (Å²) in [6.45, 7) is 1.67. The molecule has 1 N–H and O–H groups in total. The fourth-order valence-electron chi connectivity index (χ4n) is 1.44. The highest BCUT2D eigenvalue weighted by Crippen LogP contribution is 2.27. The van der Waals surface area contributed by atoms with Crippen molar-refractivity contribution in [3.8, 4) is 11.6 Å². The second kappa shape index (κ2) is 5.24. The molecule has 0 aliphatic carbocycles. The first-order chi connectivity index (χ1) is 8.97. The average molecular weight is 282 g/mol. The number of aromatic nitrogens is 1. The van der Waals surface area contributed by atoms with Crippen LogP contribution >= 0.6 is 11.6 Å². The standard InChI is InChI=1S/C13H9ClFNO3/c1-7-4-8(13(17)18)6-16-12(7)19-9-2-3-11(15)10(14)5-9/h2-6H,1H3,(H,17,18). The first-order valence-corrected chi connectivity index (χ1v) is 5.68. The van der Waals surface area contributed by atoms with Gasteiger partial charge in [0.25, 0.3) is 0 Å². The minimum atomic E-state index is -1.06. The quantitative estimate of drug-likeness (QED) is 0.932. The molecule has 0 amide bonds. The van der Waals surface area contributed by atoms with E-state index in [1.54, 1.807) is 6.92 Å². The first-order valence-electron chi connectivity index (χ1n) is 5.30. The van der Waals surface area contributed by atoms with Gasteiger partial charge in [0.1, 0.15) is 11.6 Å². The maximum atomic E-state index is 13.0. The molecular formula is C13H9ClFNO3. The Hall–Kier alpha value is -2.14. The van der Waals surface area contributed by atoms with Crippen molar-refractivity contribution in [3.05, 3.63) is 52.4 Å². The minimum absolute atomic E-state index is 0.0580. The van der Waals surface area contributed by atoms with E-state index in [-0.39, 0.29) is 16.5 Å². The molecule has 0 bridgehead atoms. The van der Waals surface area contributed by atoms with Crippen LogP contribution < -0.4 is 4.74 Å². The molecule has 19 heavy (non-hydrogen) atoms. The van der Waals surface area contributed by atoms with Gasteiger partial charge < -0.3 is 9.84 Å². The normalized spacial score (nSPS) is 10.3. The van der Waals surface area contributed by atoms with E-state index in [2.05, 4.69) is 4.98 Å². The number of ether oxygens (including phenoxy) is 1. The zero-order valence-electron chi connectivity index (χ0n) is 9.85. The number of aromatic carboxylic acids is 1. The van der Waals surface area contributed by atoms with Gasteiger partial charge in [-0.25, -0.2) is 14.2 Å². The van der Waals surface area contributed by atoms with Crippen molar-refractivity contribution in [2.75, 3.05) is 0 Å². The van der Waals surface area contributed by atoms with Crippen LogP contribution in [-0.4, -0.2) is 16.1 Å². The van der Waals surface area contributed by atoms with Crippen LogP contribution in [0.2, 0.25) is 5.02 Å². The molecule has 0 unspecified atom stereocenters. The van der Waals surface area contributed by atoms with E-state index >= 15 is 0 Å². The molecule has 1 aromatic carbocycles. The predicted molar refractivity (Wildman–Crippen MR) is 67.4 cm³/mol. The molecule has 1 aromatic heterocycles. The Kier molecular flexibility index (Phi) is 3.66. The molecule has 0 aliphatic heterocycles. The Morgan fingerprint density at radius 1 is 1.42 bits per heavy atom. The lowest BCUT2D eigenvalue weighted by Crippen LogP contribution is -2.00. The summed E-state index contributed by atoms with van der Waals surface area (Å²) in [4.78, 5) is 14.7. The number of benzene rings is 1. The maximum absolute atomic E-state index is 13.0. The molecule has 6 heteroatoms. The van der Waals surface area contributed by atoms with Crippen molar-refractivity contribution < 1.29 is 19.0 Å². The van der Waals surface area contributed by atoms with Gasteiger partial charge in [-0.2, -0.15) is 0 Å². The van der Waals surface area contributed by atoms with Crippen LogP contribution in [0.4, 0.5) is 4.39 Å². The molecule has 0 atom stereocenters. The molecule has 0 aliphatic rings. The predicted octanol–water partition coefficient (Wildman–Crippen LogP) is 3.67. The van der Waals surface area contributed by atoms with E-state index < -0.39 is 11.8 Å². The van der Waals surface area contributed by atoms with Crippen molar-refractivity contribution in [1.82, 2.24) is 4.98 Å². The van der Waals surface area contributed by atoms with Crippen molar-refractivity contribution in [2.45, 2.75) is 6.92 Å². The summed E-state index contributed by atoms with van der Waals surface area (Å²) < 4.78 is 18.4. The van der Waals surface area contributed by atoms with Crippen molar-refractivity contribution in [2.24, 2.45) is 0 Å². The number of hydrogen-bond donors (Lipinski definition) is 1. The zero-order valence-corrected chi connectivity index (χ0v) is 10.6. The van der Waals surface area contributed by atoms with E-state index in [0.29, 0.717) is 11.3 Å². The summed E-state index contributed by atoms with van der Waals surface area (Å²) in [6.07, 6.45) is 1.19. The van der Waals surface area contributed by atoms with Crippen LogP contribution in [0.15, 0.2) is 30.5 Å². The number of carboxylic acid groups (broad SMARTS) is 1. The average Bonchev–Trinajstić information content (AvgIpc) is 2.36. The molecule has 0 radical (unpaired) electrons. The zero-order chi connectivity index (χ0) is 14.0. The van der Waals surface area contributed by atoms with E-state index in [0.717, 1.165) is 0 Å². The molecule has 2 aromatic rings. The number of pyridine rings is 1. The van der Waals surface area contributed by atoms with E-state index in [1.165, 1.54) is 30.5 Å². The first kappa shape index (κ1) is 13.3.